The fraction of sp³-hybridized carbons (Fsp3) is 0.154. The van der Waals surface area contributed by atoms with Crippen LogP contribution in [0.5, 0.6) is 0 Å². The van der Waals surface area contributed by atoms with E-state index in [2.05, 4.69) is 0 Å². The molecule has 0 aliphatic rings. The lowest BCUT2D eigenvalue weighted by molar-refractivity contribution is -0.687. The molecular weight excluding hydrogens is 558 g/mol. The average Bonchev–Trinajstić information content (AvgIpc) is 3.29. The van der Waals surface area contributed by atoms with E-state index in [-0.39, 0.29) is 17.9 Å². The summed E-state index contributed by atoms with van der Waals surface area (Å²) in [5.74, 6) is 0. The van der Waals surface area contributed by atoms with Gasteiger partial charge in [0, 0.05) is 43.4 Å². The zero-order chi connectivity index (χ0) is 26.5. The number of rotatable bonds is 9. The first kappa shape index (κ1) is 26.9. The number of nitro benzene ring substituents is 1. The van der Waals surface area contributed by atoms with Gasteiger partial charge in [0.15, 0.2) is 0 Å². The van der Waals surface area contributed by atoms with Crippen molar-refractivity contribution in [2.24, 2.45) is 0 Å². The molecule has 188 valence electrons. The minimum Gasteiger partial charge on any atom is -0.365 e. The van der Waals surface area contributed by atoms with Crippen molar-refractivity contribution in [2.45, 2.75) is 25.8 Å². The van der Waals surface area contributed by atoms with Crippen LogP contribution in [0.4, 0.5) is 5.69 Å². The highest BCUT2D eigenvalue weighted by molar-refractivity contribution is 6.35. The van der Waals surface area contributed by atoms with Crippen molar-refractivity contribution in [2.75, 3.05) is 0 Å². The van der Waals surface area contributed by atoms with Crippen LogP contribution in [0.2, 0.25) is 20.1 Å². The van der Waals surface area contributed by atoms with E-state index in [9.17, 15) is 15.4 Å². The van der Waals surface area contributed by atoms with Crippen LogP contribution in [0.1, 0.15) is 28.4 Å². The van der Waals surface area contributed by atoms with Crippen LogP contribution in [0.3, 0.4) is 0 Å². The summed E-state index contributed by atoms with van der Waals surface area (Å²) in [5, 5.41) is 22.5. The number of halogens is 4. The first-order valence-electron chi connectivity index (χ1n) is 11.0. The third-order valence-corrected chi connectivity index (χ3v) is 6.81. The predicted octanol–water partition coefficient (Wildman–Crippen LogP) is 7.18. The molecule has 0 saturated carbocycles. The second-order valence-electron chi connectivity index (χ2n) is 8.19. The Hall–Kier alpha value is -3.12. The van der Waals surface area contributed by atoms with Gasteiger partial charge in [0.1, 0.15) is 31.6 Å². The van der Waals surface area contributed by atoms with E-state index in [1.165, 1.54) is 12.1 Å². The highest BCUT2D eigenvalue weighted by Crippen LogP contribution is 2.31. The van der Waals surface area contributed by atoms with E-state index >= 15 is 0 Å². The highest BCUT2D eigenvalue weighted by atomic mass is 35.5. The van der Waals surface area contributed by atoms with Gasteiger partial charge in [0.2, 0.25) is 6.33 Å². The first-order valence-corrected chi connectivity index (χ1v) is 12.5. The number of nitriles is 1. The van der Waals surface area contributed by atoms with Gasteiger partial charge in [-0.1, -0.05) is 58.5 Å². The third-order valence-electron chi connectivity index (χ3n) is 5.67. The van der Waals surface area contributed by atoms with Crippen molar-refractivity contribution in [1.29, 1.82) is 5.26 Å². The molecule has 0 fully saturated rings. The van der Waals surface area contributed by atoms with Crippen LogP contribution < -0.4 is 4.57 Å². The van der Waals surface area contributed by atoms with Crippen LogP contribution in [0.25, 0.3) is 0 Å². The molecule has 1 unspecified atom stereocenters. The largest absolute Gasteiger partial charge is 0.365 e. The summed E-state index contributed by atoms with van der Waals surface area (Å²) in [4.78, 5) is 10.5. The topological polar surface area (TPSA) is 85.0 Å². The zero-order valence-electron chi connectivity index (χ0n) is 19.2. The van der Waals surface area contributed by atoms with Gasteiger partial charge in [-0.25, -0.2) is 9.13 Å². The SMILES string of the molecule is N#Cc1cc([N+](=O)[O-])ccc1C[n+]1ccn(CC(OCc2ccc(Cl)cc2Cl)c2ccc(Cl)cc2Cl)c1. The minimum atomic E-state index is -0.520. The Balaban J connectivity index is 1.55. The molecule has 37 heavy (non-hydrogen) atoms. The van der Waals surface area contributed by atoms with Gasteiger partial charge >= 0.3 is 0 Å². The molecule has 1 heterocycles. The molecule has 0 radical (unpaired) electrons. The highest BCUT2D eigenvalue weighted by Gasteiger charge is 2.21. The normalized spacial score (nSPS) is 11.8. The van der Waals surface area contributed by atoms with Gasteiger partial charge in [-0.3, -0.25) is 10.1 Å². The maximum atomic E-state index is 11.0. The van der Waals surface area contributed by atoms with Crippen molar-refractivity contribution in [3.63, 3.8) is 0 Å². The minimum absolute atomic E-state index is 0.122. The van der Waals surface area contributed by atoms with E-state index in [1.807, 2.05) is 46.1 Å². The van der Waals surface area contributed by atoms with Gasteiger partial charge in [-0.2, -0.15) is 5.26 Å². The average molecular weight is 577 g/mol. The molecule has 7 nitrogen and oxygen atoms in total. The summed E-state index contributed by atoms with van der Waals surface area (Å²) < 4.78 is 10.1. The molecule has 0 bridgehead atoms. The maximum Gasteiger partial charge on any atom is 0.270 e. The number of benzene rings is 3. The first-order chi connectivity index (χ1) is 17.7. The van der Waals surface area contributed by atoms with Crippen LogP contribution in [0.15, 0.2) is 73.3 Å². The number of hydrogen-bond acceptors (Lipinski definition) is 4. The van der Waals surface area contributed by atoms with Crippen molar-refractivity contribution < 1.29 is 14.2 Å². The number of aromatic nitrogens is 2. The summed E-state index contributed by atoms with van der Waals surface area (Å²) in [6, 6.07) is 16.8. The number of ether oxygens (including phenoxy) is 1. The molecule has 0 saturated heterocycles. The van der Waals surface area contributed by atoms with Crippen molar-refractivity contribution >= 4 is 52.1 Å². The van der Waals surface area contributed by atoms with Crippen LogP contribution in [0, 0.1) is 21.4 Å². The van der Waals surface area contributed by atoms with Gasteiger partial charge < -0.3 is 4.74 Å². The molecule has 1 aromatic heterocycles. The Kier molecular flexibility index (Phi) is 8.70. The van der Waals surface area contributed by atoms with E-state index in [1.54, 1.807) is 30.3 Å². The molecule has 4 rings (SSSR count). The van der Waals surface area contributed by atoms with E-state index in [4.69, 9.17) is 51.1 Å². The smallest absolute Gasteiger partial charge is 0.270 e. The fourth-order valence-electron chi connectivity index (χ4n) is 3.78. The zero-order valence-corrected chi connectivity index (χ0v) is 22.2. The van der Waals surface area contributed by atoms with Crippen LogP contribution in [-0.2, 0) is 24.4 Å². The lowest BCUT2D eigenvalue weighted by atomic mass is 10.1. The number of imidazole rings is 1. The number of nitrogens with zero attached hydrogens (tertiary/aromatic N) is 4. The van der Waals surface area contributed by atoms with Crippen molar-refractivity contribution in [3.05, 3.63) is 126 Å². The summed E-state index contributed by atoms with van der Waals surface area (Å²) in [5.41, 5.74) is 2.35. The summed E-state index contributed by atoms with van der Waals surface area (Å²) in [6.07, 6.45) is 5.13. The molecule has 11 heteroatoms. The van der Waals surface area contributed by atoms with Crippen molar-refractivity contribution in [3.8, 4) is 6.07 Å². The molecule has 4 aromatic rings. The predicted molar refractivity (Wildman–Crippen MR) is 142 cm³/mol. The van der Waals surface area contributed by atoms with Crippen molar-refractivity contribution in [1.82, 2.24) is 4.57 Å². The quantitative estimate of drug-likeness (QED) is 0.120. The van der Waals surface area contributed by atoms with Crippen LogP contribution >= 0.6 is 46.4 Å². The molecule has 0 spiro atoms. The summed E-state index contributed by atoms with van der Waals surface area (Å²) >= 11 is 24.9. The third kappa shape index (κ3) is 6.80. The van der Waals surface area contributed by atoms with E-state index < -0.39 is 11.0 Å². The number of hydrogen-bond donors (Lipinski definition) is 0. The molecule has 0 amide bonds. The lowest BCUT2D eigenvalue weighted by Crippen LogP contribution is -2.32. The van der Waals surface area contributed by atoms with Gasteiger partial charge in [-0.15, -0.1) is 0 Å². The summed E-state index contributed by atoms with van der Waals surface area (Å²) in [6.45, 7) is 1.02. The Morgan fingerprint density at radius 1 is 1.00 bits per heavy atom. The molecule has 0 N–H and O–H groups in total. The summed E-state index contributed by atoms with van der Waals surface area (Å²) in [7, 11) is 0. The number of nitro groups is 1. The Morgan fingerprint density at radius 3 is 2.38 bits per heavy atom. The van der Waals surface area contributed by atoms with Gasteiger partial charge in [0.25, 0.3) is 5.69 Å². The van der Waals surface area contributed by atoms with E-state index in [0.29, 0.717) is 38.7 Å². The molecular formula is C26H19Cl4N4O3+. The molecule has 0 aliphatic heterocycles. The monoisotopic (exact) mass is 575 g/mol. The molecule has 3 aromatic carbocycles. The fourth-order valence-corrected chi connectivity index (χ4v) is 4.77. The standard InChI is InChI=1S/C26H19Cl4N4O3/c27-20-3-1-18(24(29)10-20)15-37-26(23-6-4-21(28)11-25(23)30)14-33-8-7-32(16-33)13-17-2-5-22(34(35)36)9-19(17)12-31/h1-11,16,26H,13-15H2/q+1. The lowest BCUT2D eigenvalue weighted by Gasteiger charge is -2.19. The van der Waals surface area contributed by atoms with Gasteiger partial charge in [-0.05, 0) is 35.9 Å². The van der Waals surface area contributed by atoms with Crippen LogP contribution in [-0.4, -0.2) is 9.49 Å². The second kappa shape index (κ2) is 12.0. The second-order valence-corrected chi connectivity index (χ2v) is 9.88. The Bertz CT molecular complexity index is 1500. The maximum absolute atomic E-state index is 11.0. The Labute approximate surface area is 233 Å². The Morgan fingerprint density at radius 2 is 1.70 bits per heavy atom. The van der Waals surface area contributed by atoms with E-state index in [0.717, 1.165) is 11.1 Å². The van der Waals surface area contributed by atoms with Gasteiger partial charge in [0.05, 0.1) is 23.2 Å². The molecule has 1 atom stereocenters. The number of non-ortho nitro benzene ring substituents is 1. The molecule has 0 aliphatic carbocycles.